The van der Waals surface area contributed by atoms with Gasteiger partial charge in [-0.15, -0.1) is 6.58 Å². The normalized spacial score (nSPS) is 14.4. The molecule has 4 rings (SSSR count). The standard InChI is InChI=1S/C29H35N3O/c1-4-17-30-18-20-32(21-19-30)28-26(16-15-24-9-7-8-10-27(24)28)22-23-11-13-25(14-12-23)29(33)31(5-2)6-3/h4,7-16H,1,5-6,17-22H2,2-3H3. The number of amides is 1. The molecule has 0 unspecified atom stereocenters. The Balaban J connectivity index is 1.61. The van der Waals surface area contributed by atoms with E-state index in [2.05, 4.69) is 64.9 Å². The molecule has 4 nitrogen and oxygen atoms in total. The molecule has 3 aromatic carbocycles. The lowest BCUT2D eigenvalue weighted by atomic mass is 9.96. The number of piperazine rings is 1. The van der Waals surface area contributed by atoms with Gasteiger partial charge in [-0.25, -0.2) is 0 Å². The van der Waals surface area contributed by atoms with Crippen molar-refractivity contribution in [3.63, 3.8) is 0 Å². The summed E-state index contributed by atoms with van der Waals surface area (Å²) in [6.07, 6.45) is 2.85. The first-order valence-electron chi connectivity index (χ1n) is 12.1. The third-order valence-electron chi connectivity index (χ3n) is 6.71. The van der Waals surface area contributed by atoms with Crippen molar-refractivity contribution in [2.75, 3.05) is 50.7 Å². The minimum absolute atomic E-state index is 0.107. The van der Waals surface area contributed by atoms with E-state index in [0.29, 0.717) is 0 Å². The van der Waals surface area contributed by atoms with Gasteiger partial charge >= 0.3 is 0 Å². The first kappa shape index (κ1) is 23.1. The molecule has 1 aliphatic rings. The van der Waals surface area contributed by atoms with Gasteiger partial charge in [-0.3, -0.25) is 9.69 Å². The highest BCUT2D eigenvalue weighted by molar-refractivity contribution is 5.96. The van der Waals surface area contributed by atoms with Gasteiger partial charge in [0.05, 0.1) is 0 Å². The van der Waals surface area contributed by atoms with Crippen molar-refractivity contribution < 1.29 is 4.79 Å². The first-order valence-corrected chi connectivity index (χ1v) is 12.1. The largest absolute Gasteiger partial charge is 0.368 e. The Morgan fingerprint density at radius 1 is 0.939 bits per heavy atom. The Morgan fingerprint density at radius 3 is 2.30 bits per heavy atom. The summed E-state index contributed by atoms with van der Waals surface area (Å²) in [6.45, 7) is 14.5. The lowest BCUT2D eigenvalue weighted by Gasteiger charge is -2.37. The summed E-state index contributed by atoms with van der Waals surface area (Å²) in [4.78, 5) is 19.5. The van der Waals surface area contributed by atoms with E-state index >= 15 is 0 Å². The van der Waals surface area contributed by atoms with E-state index in [1.807, 2.05) is 37.0 Å². The van der Waals surface area contributed by atoms with Crippen molar-refractivity contribution in [1.82, 2.24) is 9.80 Å². The van der Waals surface area contributed by atoms with Crippen LogP contribution in [0.15, 0.2) is 73.3 Å². The van der Waals surface area contributed by atoms with Gasteiger partial charge in [0, 0.05) is 62.5 Å². The van der Waals surface area contributed by atoms with E-state index in [-0.39, 0.29) is 5.91 Å². The summed E-state index contributed by atoms with van der Waals surface area (Å²) in [7, 11) is 0. The number of carbonyl (C=O) groups is 1. The fourth-order valence-corrected chi connectivity index (χ4v) is 4.83. The van der Waals surface area contributed by atoms with Crippen molar-refractivity contribution in [2.24, 2.45) is 0 Å². The van der Waals surface area contributed by atoms with E-state index in [4.69, 9.17) is 0 Å². The quantitative estimate of drug-likeness (QED) is 0.449. The molecule has 0 saturated carbocycles. The maximum absolute atomic E-state index is 12.7. The fourth-order valence-electron chi connectivity index (χ4n) is 4.83. The summed E-state index contributed by atoms with van der Waals surface area (Å²) >= 11 is 0. The van der Waals surface area contributed by atoms with Gasteiger partial charge in [-0.1, -0.05) is 54.6 Å². The second-order valence-corrected chi connectivity index (χ2v) is 8.72. The highest BCUT2D eigenvalue weighted by Gasteiger charge is 2.21. The van der Waals surface area contributed by atoms with Gasteiger partial charge < -0.3 is 9.80 Å². The number of rotatable bonds is 8. The van der Waals surface area contributed by atoms with Crippen molar-refractivity contribution in [2.45, 2.75) is 20.3 Å². The van der Waals surface area contributed by atoms with E-state index in [9.17, 15) is 4.79 Å². The van der Waals surface area contributed by atoms with E-state index in [0.717, 1.165) is 57.8 Å². The Bertz CT molecular complexity index is 1090. The third kappa shape index (κ3) is 5.12. The molecule has 0 spiro atoms. The van der Waals surface area contributed by atoms with Crippen LogP contribution in [0.4, 0.5) is 5.69 Å². The molecule has 0 radical (unpaired) electrons. The zero-order valence-corrected chi connectivity index (χ0v) is 20.0. The topological polar surface area (TPSA) is 26.8 Å². The number of hydrogen-bond acceptors (Lipinski definition) is 3. The molecule has 0 aromatic heterocycles. The lowest BCUT2D eigenvalue weighted by Crippen LogP contribution is -2.46. The Kier molecular flexibility index (Phi) is 7.46. The molecule has 33 heavy (non-hydrogen) atoms. The molecule has 0 atom stereocenters. The highest BCUT2D eigenvalue weighted by atomic mass is 16.2. The average Bonchev–Trinajstić information content (AvgIpc) is 2.86. The number of fused-ring (bicyclic) bond motifs is 1. The summed E-state index contributed by atoms with van der Waals surface area (Å²) in [5.41, 5.74) is 4.69. The monoisotopic (exact) mass is 441 g/mol. The maximum Gasteiger partial charge on any atom is 0.253 e. The second-order valence-electron chi connectivity index (χ2n) is 8.72. The van der Waals surface area contributed by atoms with Gasteiger partial charge in [0.15, 0.2) is 0 Å². The minimum Gasteiger partial charge on any atom is -0.368 e. The average molecular weight is 442 g/mol. The summed E-state index contributed by atoms with van der Waals surface area (Å²) in [5.74, 6) is 0.107. The van der Waals surface area contributed by atoms with Crippen molar-refractivity contribution in [3.05, 3.63) is 90.0 Å². The zero-order valence-electron chi connectivity index (χ0n) is 20.0. The molecule has 3 aromatic rings. The van der Waals surface area contributed by atoms with Crippen molar-refractivity contribution in [3.8, 4) is 0 Å². The summed E-state index contributed by atoms with van der Waals surface area (Å²) in [6, 6.07) is 21.4. The molecular weight excluding hydrogens is 406 g/mol. The minimum atomic E-state index is 0.107. The van der Waals surface area contributed by atoms with Crippen molar-refractivity contribution >= 4 is 22.4 Å². The Labute approximate surface area is 198 Å². The van der Waals surface area contributed by atoms with Crippen molar-refractivity contribution in [1.29, 1.82) is 0 Å². The fraction of sp³-hybridized carbons (Fsp3) is 0.345. The van der Waals surface area contributed by atoms with Gasteiger partial charge in [0.2, 0.25) is 0 Å². The second kappa shape index (κ2) is 10.7. The van der Waals surface area contributed by atoms with Crippen LogP contribution in [0, 0.1) is 0 Å². The molecule has 0 aliphatic carbocycles. The van der Waals surface area contributed by atoms with Crippen LogP contribution in [0.3, 0.4) is 0 Å². The molecule has 1 amide bonds. The zero-order chi connectivity index (χ0) is 23.2. The number of anilines is 1. The van der Waals surface area contributed by atoms with Crippen LogP contribution < -0.4 is 4.90 Å². The van der Waals surface area contributed by atoms with Gasteiger partial charge in [0.1, 0.15) is 0 Å². The van der Waals surface area contributed by atoms with Crippen LogP contribution >= 0.6 is 0 Å². The molecule has 172 valence electrons. The van der Waals surface area contributed by atoms with Gasteiger partial charge in [-0.2, -0.15) is 0 Å². The third-order valence-corrected chi connectivity index (χ3v) is 6.71. The highest BCUT2D eigenvalue weighted by Crippen LogP contribution is 2.33. The van der Waals surface area contributed by atoms with Crippen LogP contribution in [-0.2, 0) is 6.42 Å². The predicted octanol–water partition coefficient (Wildman–Crippen LogP) is 5.22. The summed E-state index contributed by atoms with van der Waals surface area (Å²) in [5, 5.41) is 2.60. The molecule has 1 fully saturated rings. The van der Waals surface area contributed by atoms with Gasteiger partial charge in [-0.05, 0) is 48.9 Å². The SMILES string of the molecule is C=CCN1CCN(c2c(Cc3ccc(C(=O)N(CC)CC)cc3)ccc3ccccc23)CC1. The summed E-state index contributed by atoms with van der Waals surface area (Å²) < 4.78 is 0. The molecule has 4 heteroatoms. The van der Waals surface area contributed by atoms with Crippen LogP contribution in [0.25, 0.3) is 10.8 Å². The Hall–Kier alpha value is -3.11. The van der Waals surface area contributed by atoms with E-state index in [1.165, 1.54) is 27.6 Å². The predicted molar refractivity (Wildman–Crippen MR) is 139 cm³/mol. The van der Waals surface area contributed by atoms with Crippen LogP contribution in [0.2, 0.25) is 0 Å². The smallest absolute Gasteiger partial charge is 0.253 e. The molecule has 1 saturated heterocycles. The van der Waals surface area contributed by atoms with E-state index in [1.54, 1.807) is 0 Å². The number of hydrogen-bond donors (Lipinski definition) is 0. The maximum atomic E-state index is 12.7. The van der Waals surface area contributed by atoms with Gasteiger partial charge in [0.25, 0.3) is 5.91 Å². The number of carbonyl (C=O) groups excluding carboxylic acids is 1. The first-order chi connectivity index (χ1) is 16.1. The Morgan fingerprint density at radius 2 is 1.64 bits per heavy atom. The molecule has 1 aliphatic heterocycles. The molecule has 0 bridgehead atoms. The number of nitrogens with zero attached hydrogens (tertiary/aromatic N) is 3. The van der Waals surface area contributed by atoms with E-state index < -0.39 is 0 Å². The number of benzene rings is 3. The van der Waals surface area contributed by atoms with Crippen LogP contribution in [0.1, 0.15) is 35.3 Å². The van der Waals surface area contributed by atoms with Crippen LogP contribution in [-0.4, -0.2) is 61.5 Å². The van der Waals surface area contributed by atoms with Crippen LogP contribution in [0.5, 0.6) is 0 Å². The molecule has 0 N–H and O–H groups in total. The molecular formula is C29H35N3O. The molecule has 1 heterocycles. The lowest BCUT2D eigenvalue weighted by molar-refractivity contribution is 0.0773.